The van der Waals surface area contributed by atoms with Gasteiger partial charge in [-0.2, -0.15) is 0 Å². The van der Waals surface area contributed by atoms with Crippen molar-refractivity contribution in [3.05, 3.63) is 0 Å². The predicted molar refractivity (Wildman–Crippen MR) is 39.2 cm³/mol. The molecule has 0 bridgehead atoms. The van der Waals surface area contributed by atoms with Crippen LogP contribution in [0.5, 0.6) is 0 Å². The number of carbonyl (C=O) groups is 3. The third-order valence-electron chi connectivity index (χ3n) is 0.724. The summed E-state index contributed by atoms with van der Waals surface area (Å²) >= 11 is 0. The summed E-state index contributed by atoms with van der Waals surface area (Å²) in [7, 11) is 0. The number of rotatable bonds is 3. The average Bonchev–Trinajstić information content (AvgIpc) is 1.82. The minimum absolute atomic E-state index is 0. The first-order chi connectivity index (χ1) is 4.66. The molecule has 0 unspecified atom stereocenters. The van der Waals surface area contributed by atoms with Gasteiger partial charge >= 0.3 is 41.5 Å². The molecule has 0 aromatic heterocycles. The van der Waals surface area contributed by atoms with E-state index in [-0.39, 0.29) is 42.4 Å². The van der Waals surface area contributed by atoms with Crippen LogP contribution in [0, 0.1) is 0 Å². The Morgan fingerprint density at radius 1 is 1.45 bits per heavy atom. The van der Waals surface area contributed by atoms with Gasteiger partial charge in [0.25, 0.3) is 0 Å². The number of hydrogen-bond donors (Lipinski definition) is 0. The molecule has 0 saturated heterocycles. The molecule has 0 atom stereocenters. The molecule has 0 aromatic rings. The van der Waals surface area contributed by atoms with Crippen LogP contribution in [0.3, 0.4) is 0 Å². The quantitative estimate of drug-likeness (QED) is 0.244. The maximum atomic E-state index is 10.4. The van der Waals surface area contributed by atoms with Crippen molar-refractivity contribution in [1.82, 2.24) is 0 Å². The van der Waals surface area contributed by atoms with Crippen molar-refractivity contribution in [2.45, 2.75) is 19.8 Å². The zero-order chi connectivity index (χ0) is 7.98. The number of ether oxygens (including phenoxy) is 1. The Morgan fingerprint density at radius 2 is 2.00 bits per heavy atom. The normalized spacial score (nSPS) is 7.73. The number of esters is 2. The third-order valence-corrected chi connectivity index (χ3v) is 0.724. The van der Waals surface area contributed by atoms with Gasteiger partial charge in [-0.3, -0.25) is 9.59 Å². The molecule has 0 heterocycles. The van der Waals surface area contributed by atoms with Gasteiger partial charge in [0, 0.05) is 13.3 Å². The van der Waals surface area contributed by atoms with Crippen LogP contribution in [0.25, 0.3) is 0 Å². The summed E-state index contributed by atoms with van der Waals surface area (Å²) in [5.41, 5.74) is 0. The van der Waals surface area contributed by atoms with E-state index in [4.69, 9.17) is 0 Å². The fraction of sp³-hybridized carbons (Fsp3) is 0.500. The van der Waals surface area contributed by atoms with Crippen molar-refractivity contribution in [2.75, 3.05) is 0 Å². The van der Waals surface area contributed by atoms with Crippen LogP contribution < -0.4 is 0 Å². The Morgan fingerprint density at radius 3 is 2.36 bits per heavy atom. The fourth-order valence-corrected chi connectivity index (χ4v) is 0.388. The molecular formula is C6H9NaO4. The summed E-state index contributed by atoms with van der Waals surface area (Å²) < 4.78 is 4.12. The molecule has 0 aromatic carbocycles. The van der Waals surface area contributed by atoms with Crippen LogP contribution in [0.1, 0.15) is 19.8 Å². The van der Waals surface area contributed by atoms with Crippen LogP contribution in [-0.2, 0) is 19.1 Å². The Balaban J connectivity index is 0. The summed E-state index contributed by atoms with van der Waals surface area (Å²) in [6.45, 7) is 1.14. The first-order valence-electron chi connectivity index (χ1n) is 2.81. The van der Waals surface area contributed by atoms with Gasteiger partial charge in [-0.1, -0.05) is 0 Å². The summed E-state index contributed by atoms with van der Waals surface area (Å²) in [5.74, 6) is -1.30. The maximum absolute atomic E-state index is 10.4. The van der Waals surface area contributed by atoms with Crippen LogP contribution in [0.4, 0.5) is 0 Å². The van der Waals surface area contributed by atoms with Crippen LogP contribution in [0.2, 0.25) is 0 Å². The molecule has 4 nitrogen and oxygen atoms in total. The number of hydrogen-bond acceptors (Lipinski definition) is 4. The molecule has 0 radical (unpaired) electrons. The van der Waals surface area contributed by atoms with Gasteiger partial charge in [0.2, 0.25) is 0 Å². The molecule has 0 aliphatic carbocycles. The standard InChI is InChI=1S/C6H8O4.Na.H/c1-5(8)10-6(9)3-2-4-7;;/h4H,2-3H2,1H3;;. The zero-order valence-electron chi connectivity index (χ0n) is 5.62. The molecule has 11 heavy (non-hydrogen) atoms. The number of aldehydes is 1. The van der Waals surface area contributed by atoms with Gasteiger partial charge in [0.15, 0.2) is 0 Å². The van der Waals surface area contributed by atoms with Crippen LogP contribution in [0.15, 0.2) is 0 Å². The van der Waals surface area contributed by atoms with Crippen molar-refractivity contribution in [1.29, 1.82) is 0 Å². The van der Waals surface area contributed by atoms with Crippen LogP contribution in [-0.4, -0.2) is 47.8 Å². The van der Waals surface area contributed by atoms with Gasteiger partial charge < -0.3 is 9.53 Å². The first kappa shape index (κ1) is 13.4. The van der Waals surface area contributed by atoms with Gasteiger partial charge in [-0.15, -0.1) is 0 Å². The van der Waals surface area contributed by atoms with E-state index in [9.17, 15) is 14.4 Å². The summed E-state index contributed by atoms with van der Waals surface area (Å²) in [5, 5.41) is 0. The second-order valence-electron chi connectivity index (χ2n) is 1.67. The van der Waals surface area contributed by atoms with E-state index in [1.165, 1.54) is 0 Å². The van der Waals surface area contributed by atoms with Crippen molar-refractivity contribution in [3.63, 3.8) is 0 Å². The molecule has 0 aliphatic heterocycles. The molecule has 0 spiro atoms. The van der Waals surface area contributed by atoms with Gasteiger partial charge in [-0.05, 0) is 0 Å². The van der Waals surface area contributed by atoms with Gasteiger partial charge in [-0.25, -0.2) is 0 Å². The Kier molecular flexibility index (Phi) is 9.64. The van der Waals surface area contributed by atoms with Crippen molar-refractivity contribution in [3.8, 4) is 0 Å². The van der Waals surface area contributed by atoms with Crippen molar-refractivity contribution >= 4 is 47.8 Å². The SMILES string of the molecule is CC(=O)OC(=O)CCC=O.[NaH]. The summed E-state index contributed by atoms with van der Waals surface area (Å²) in [6.07, 6.45) is 0.677. The molecule has 0 aliphatic rings. The monoisotopic (exact) mass is 168 g/mol. The van der Waals surface area contributed by atoms with E-state index in [0.29, 0.717) is 6.29 Å². The Bertz CT molecular complexity index is 155. The van der Waals surface area contributed by atoms with E-state index in [2.05, 4.69) is 4.74 Å². The van der Waals surface area contributed by atoms with Crippen molar-refractivity contribution < 1.29 is 19.1 Å². The van der Waals surface area contributed by atoms with E-state index < -0.39 is 11.9 Å². The number of carbonyl (C=O) groups excluding carboxylic acids is 3. The van der Waals surface area contributed by atoms with Gasteiger partial charge in [0.1, 0.15) is 6.29 Å². The summed E-state index contributed by atoms with van der Waals surface area (Å²) in [6, 6.07) is 0. The van der Waals surface area contributed by atoms with E-state index in [0.717, 1.165) is 6.92 Å². The third kappa shape index (κ3) is 9.81. The summed E-state index contributed by atoms with van der Waals surface area (Å²) in [4.78, 5) is 30.2. The molecule has 0 fully saturated rings. The molecule has 0 amide bonds. The molecular weight excluding hydrogens is 159 g/mol. The Hall–Kier alpha value is -0.190. The predicted octanol–water partition coefficient (Wildman–Crippen LogP) is -0.593. The van der Waals surface area contributed by atoms with Gasteiger partial charge in [0.05, 0.1) is 6.42 Å². The average molecular weight is 168 g/mol. The zero-order valence-corrected chi connectivity index (χ0v) is 5.62. The van der Waals surface area contributed by atoms with E-state index >= 15 is 0 Å². The fourth-order valence-electron chi connectivity index (χ4n) is 0.388. The Labute approximate surface area is 86.6 Å². The van der Waals surface area contributed by atoms with Crippen LogP contribution >= 0.6 is 0 Å². The van der Waals surface area contributed by atoms with Crippen molar-refractivity contribution in [2.24, 2.45) is 0 Å². The molecule has 0 N–H and O–H groups in total. The molecule has 0 saturated carbocycles. The van der Waals surface area contributed by atoms with E-state index in [1.54, 1.807) is 0 Å². The minimum atomic E-state index is -0.653. The molecule has 5 heteroatoms. The second-order valence-corrected chi connectivity index (χ2v) is 1.67. The second kappa shape index (κ2) is 7.91. The molecule has 58 valence electrons. The topological polar surface area (TPSA) is 60.4 Å². The van der Waals surface area contributed by atoms with E-state index in [1.807, 2.05) is 0 Å². The first-order valence-corrected chi connectivity index (χ1v) is 2.81. The molecule has 0 rings (SSSR count).